The first kappa shape index (κ1) is 11.2. The Hall–Kier alpha value is -1.88. The molecule has 3 rings (SSSR count). The summed E-state index contributed by atoms with van der Waals surface area (Å²) in [6.45, 7) is 2.74. The van der Waals surface area contributed by atoms with Crippen LogP contribution >= 0.6 is 0 Å². The van der Waals surface area contributed by atoms with Gasteiger partial charge in [-0.1, -0.05) is 11.6 Å². The lowest BCUT2D eigenvalue weighted by atomic mass is 10.1. The van der Waals surface area contributed by atoms with E-state index in [9.17, 15) is 4.39 Å². The van der Waals surface area contributed by atoms with Crippen LogP contribution in [0.5, 0.6) is 0 Å². The molecule has 94 valence electrons. The van der Waals surface area contributed by atoms with Gasteiger partial charge in [-0.15, -0.1) is 0 Å². The average molecular weight is 246 g/mol. The molecule has 0 amide bonds. The van der Waals surface area contributed by atoms with Gasteiger partial charge in [-0.2, -0.15) is 0 Å². The SMILES string of the molecule is Fc1ccc2nc(NCC3=CCNCC3)[nH]c2c1. The second-order valence-corrected chi connectivity index (χ2v) is 4.42. The Balaban J connectivity index is 1.72. The van der Waals surface area contributed by atoms with Crippen LogP contribution in [0.4, 0.5) is 10.3 Å². The first-order chi connectivity index (χ1) is 8.81. The smallest absolute Gasteiger partial charge is 0.201 e. The van der Waals surface area contributed by atoms with Crippen molar-refractivity contribution in [3.05, 3.63) is 35.7 Å². The van der Waals surface area contributed by atoms with Gasteiger partial charge in [0.2, 0.25) is 5.95 Å². The predicted octanol–water partition coefficient (Wildman–Crippen LogP) is 2.03. The van der Waals surface area contributed by atoms with Crippen molar-refractivity contribution in [3.8, 4) is 0 Å². The summed E-state index contributed by atoms with van der Waals surface area (Å²) in [5.41, 5.74) is 2.87. The normalized spacial score (nSPS) is 15.7. The van der Waals surface area contributed by atoms with E-state index in [-0.39, 0.29) is 5.82 Å². The molecule has 0 unspecified atom stereocenters. The lowest BCUT2D eigenvalue weighted by molar-refractivity contribution is 0.629. The summed E-state index contributed by atoms with van der Waals surface area (Å²) in [6.07, 6.45) is 3.25. The van der Waals surface area contributed by atoms with Crippen LogP contribution in [0, 0.1) is 5.82 Å². The van der Waals surface area contributed by atoms with E-state index < -0.39 is 0 Å². The lowest BCUT2D eigenvalue weighted by Crippen LogP contribution is -2.23. The fourth-order valence-electron chi connectivity index (χ4n) is 2.09. The maximum Gasteiger partial charge on any atom is 0.201 e. The third-order valence-electron chi connectivity index (χ3n) is 3.08. The molecule has 0 spiro atoms. The summed E-state index contributed by atoms with van der Waals surface area (Å²) in [6, 6.07) is 4.55. The Labute approximate surface area is 104 Å². The molecule has 2 heterocycles. The molecule has 1 aliphatic heterocycles. The molecule has 3 N–H and O–H groups in total. The van der Waals surface area contributed by atoms with Crippen molar-refractivity contribution < 1.29 is 4.39 Å². The molecule has 0 fully saturated rings. The van der Waals surface area contributed by atoms with Gasteiger partial charge in [-0.25, -0.2) is 9.37 Å². The van der Waals surface area contributed by atoms with Crippen molar-refractivity contribution in [1.29, 1.82) is 0 Å². The molecule has 4 nitrogen and oxygen atoms in total. The Morgan fingerprint density at radius 1 is 1.39 bits per heavy atom. The van der Waals surface area contributed by atoms with Gasteiger partial charge in [0, 0.05) is 13.1 Å². The Morgan fingerprint density at radius 2 is 2.33 bits per heavy atom. The van der Waals surface area contributed by atoms with Crippen LogP contribution in [0.15, 0.2) is 29.8 Å². The van der Waals surface area contributed by atoms with Crippen molar-refractivity contribution in [2.24, 2.45) is 0 Å². The molecule has 5 heteroatoms. The molecule has 18 heavy (non-hydrogen) atoms. The maximum absolute atomic E-state index is 13.0. The van der Waals surface area contributed by atoms with Gasteiger partial charge >= 0.3 is 0 Å². The van der Waals surface area contributed by atoms with Crippen LogP contribution in [0.3, 0.4) is 0 Å². The molecule has 0 saturated carbocycles. The third-order valence-corrected chi connectivity index (χ3v) is 3.08. The maximum atomic E-state index is 13.0. The van der Waals surface area contributed by atoms with Crippen molar-refractivity contribution in [2.75, 3.05) is 25.0 Å². The number of H-pyrrole nitrogens is 1. The minimum absolute atomic E-state index is 0.251. The van der Waals surface area contributed by atoms with E-state index in [1.54, 1.807) is 6.07 Å². The summed E-state index contributed by atoms with van der Waals surface area (Å²) >= 11 is 0. The number of nitrogens with zero attached hydrogens (tertiary/aromatic N) is 1. The van der Waals surface area contributed by atoms with Crippen molar-refractivity contribution >= 4 is 17.0 Å². The monoisotopic (exact) mass is 246 g/mol. The standard InChI is InChI=1S/C13H15FN4/c14-10-1-2-11-12(7-10)18-13(17-11)16-8-9-3-5-15-6-4-9/h1-3,7,15H,4-6,8H2,(H2,16,17,18). The highest BCUT2D eigenvalue weighted by Gasteiger charge is 2.06. The number of fused-ring (bicyclic) bond motifs is 1. The molecular weight excluding hydrogens is 231 g/mol. The zero-order valence-electron chi connectivity index (χ0n) is 9.96. The van der Waals surface area contributed by atoms with E-state index in [2.05, 4.69) is 26.7 Å². The molecule has 0 radical (unpaired) electrons. The molecule has 0 saturated heterocycles. The van der Waals surface area contributed by atoms with Gasteiger partial charge in [0.05, 0.1) is 11.0 Å². The number of aromatic amines is 1. The molecule has 0 bridgehead atoms. The van der Waals surface area contributed by atoms with Crippen LogP contribution in [0.25, 0.3) is 11.0 Å². The summed E-state index contributed by atoms with van der Waals surface area (Å²) < 4.78 is 13.0. The van der Waals surface area contributed by atoms with E-state index in [0.717, 1.165) is 37.1 Å². The van der Waals surface area contributed by atoms with Crippen molar-refractivity contribution in [3.63, 3.8) is 0 Å². The molecule has 0 aliphatic carbocycles. The van der Waals surface area contributed by atoms with E-state index in [1.807, 2.05) is 0 Å². The Bertz CT molecular complexity index is 588. The largest absolute Gasteiger partial charge is 0.352 e. The van der Waals surface area contributed by atoms with Crippen LogP contribution < -0.4 is 10.6 Å². The summed E-state index contributed by atoms with van der Waals surface area (Å²) in [5.74, 6) is 0.439. The quantitative estimate of drug-likeness (QED) is 0.726. The van der Waals surface area contributed by atoms with Gasteiger partial charge < -0.3 is 15.6 Å². The molecule has 2 aromatic rings. The number of imidazole rings is 1. The number of nitrogens with one attached hydrogen (secondary N) is 3. The fraction of sp³-hybridized carbons (Fsp3) is 0.308. The van der Waals surface area contributed by atoms with Crippen LogP contribution in [0.2, 0.25) is 0 Å². The van der Waals surface area contributed by atoms with Crippen LogP contribution in [0.1, 0.15) is 6.42 Å². The molecule has 0 atom stereocenters. The number of benzene rings is 1. The number of anilines is 1. The van der Waals surface area contributed by atoms with E-state index >= 15 is 0 Å². The van der Waals surface area contributed by atoms with E-state index in [4.69, 9.17) is 0 Å². The highest BCUT2D eigenvalue weighted by atomic mass is 19.1. The average Bonchev–Trinajstić information content (AvgIpc) is 2.79. The Kier molecular flexibility index (Phi) is 2.98. The second-order valence-electron chi connectivity index (χ2n) is 4.42. The summed E-state index contributed by atoms with van der Waals surface area (Å²) in [4.78, 5) is 7.43. The first-order valence-electron chi connectivity index (χ1n) is 6.09. The number of aromatic nitrogens is 2. The fourth-order valence-corrected chi connectivity index (χ4v) is 2.09. The van der Waals surface area contributed by atoms with Gasteiger partial charge in [-0.3, -0.25) is 0 Å². The first-order valence-corrected chi connectivity index (χ1v) is 6.09. The predicted molar refractivity (Wildman–Crippen MR) is 70.1 cm³/mol. The summed E-state index contributed by atoms with van der Waals surface area (Å²) in [7, 11) is 0. The number of hydrogen-bond acceptors (Lipinski definition) is 3. The third kappa shape index (κ3) is 2.36. The zero-order valence-corrected chi connectivity index (χ0v) is 9.96. The number of hydrogen-bond donors (Lipinski definition) is 3. The second kappa shape index (κ2) is 4.78. The van der Waals surface area contributed by atoms with E-state index in [1.165, 1.54) is 17.7 Å². The number of rotatable bonds is 3. The minimum Gasteiger partial charge on any atom is -0.352 e. The molecule has 1 aliphatic rings. The Morgan fingerprint density at radius 3 is 3.17 bits per heavy atom. The molecule has 1 aromatic heterocycles. The topological polar surface area (TPSA) is 52.7 Å². The molecule has 1 aromatic carbocycles. The lowest BCUT2D eigenvalue weighted by Gasteiger charge is -2.13. The zero-order chi connectivity index (χ0) is 12.4. The highest BCUT2D eigenvalue weighted by Crippen LogP contribution is 2.16. The molecular formula is C13H15FN4. The van der Waals surface area contributed by atoms with Gasteiger partial charge in [0.1, 0.15) is 5.82 Å². The van der Waals surface area contributed by atoms with Crippen LogP contribution in [-0.2, 0) is 0 Å². The van der Waals surface area contributed by atoms with Gasteiger partial charge in [0.15, 0.2) is 0 Å². The van der Waals surface area contributed by atoms with Crippen molar-refractivity contribution in [1.82, 2.24) is 15.3 Å². The van der Waals surface area contributed by atoms with Gasteiger partial charge in [0.25, 0.3) is 0 Å². The van der Waals surface area contributed by atoms with Crippen molar-refractivity contribution in [2.45, 2.75) is 6.42 Å². The van der Waals surface area contributed by atoms with Crippen LogP contribution in [-0.4, -0.2) is 29.6 Å². The van der Waals surface area contributed by atoms with Gasteiger partial charge in [-0.05, 0) is 31.2 Å². The minimum atomic E-state index is -0.251. The van der Waals surface area contributed by atoms with E-state index in [0.29, 0.717) is 5.95 Å². The highest BCUT2D eigenvalue weighted by molar-refractivity contribution is 5.77. The summed E-state index contributed by atoms with van der Waals surface area (Å²) in [5, 5.41) is 6.51. The number of halogens is 1.